The molecular formula is C19H35N5O3. The van der Waals surface area contributed by atoms with E-state index in [9.17, 15) is 14.4 Å². The summed E-state index contributed by atoms with van der Waals surface area (Å²) in [5, 5.41) is 11.4. The molecule has 4 N–H and O–H groups in total. The molecule has 2 heterocycles. The van der Waals surface area contributed by atoms with Gasteiger partial charge in [0.2, 0.25) is 11.8 Å². The smallest absolute Gasteiger partial charge is 0.321 e. The van der Waals surface area contributed by atoms with Gasteiger partial charge in [-0.15, -0.1) is 0 Å². The first-order valence-corrected chi connectivity index (χ1v) is 10.2. The van der Waals surface area contributed by atoms with Crippen LogP contribution in [0.3, 0.4) is 0 Å². The maximum absolute atomic E-state index is 12.4. The van der Waals surface area contributed by atoms with Crippen LogP contribution in [0.5, 0.6) is 0 Å². The fraction of sp³-hybridized carbons (Fsp3) is 0.842. The minimum Gasteiger partial charge on any atom is -0.354 e. The van der Waals surface area contributed by atoms with Crippen molar-refractivity contribution < 1.29 is 14.4 Å². The number of likely N-dealkylation sites (tertiary alicyclic amines) is 1. The van der Waals surface area contributed by atoms with Crippen LogP contribution in [0, 0.1) is 11.8 Å². The van der Waals surface area contributed by atoms with Gasteiger partial charge in [0.25, 0.3) is 0 Å². The molecule has 3 unspecified atom stereocenters. The highest BCUT2D eigenvalue weighted by molar-refractivity contribution is 5.96. The molecule has 2 saturated heterocycles. The third-order valence-electron chi connectivity index (χ3n) is 5.33. The Kier molecular flexibility index (Phi) is 8.50. The average molecular weight is 382 g/mol. The molecule has 0 bridgehead atoms. The van der Waals surface area contributed by atoms with Gasteiger partial charge in [0.1, 0.15) is 0 Å². The van der Waals surface area contributed by atoms with Gasteiger partial charge in [-0.2, -0.15) is 0 Å². The van der Waals surface area contributed by atoms with Crippen molar-refractivity contribution in [3.05, 3.63) is 0 Å². The van der Waals surface area contributed by atoms with Crippen LogP contribution in [0.15, 0.2) is 0 Å². The number of nitrogens with zero attached hydrogens (tertiary/aromatic N) is 1. The van der Waals surface area contributed by atoms with Crippen LogP contribution in [0.2, 0.25) is 0 Å². The van der Waals surface area contributed by atoms with Crippen LogP contribution < -0.4 is 21.3 Å². The van der Waals surface area contributed by atoms with Crippen LogP contribution in [0.25, 0.3) is 0 Å². The minimum atomic E-state index is -0.439. The number of rotatable bonds is 7. The highest BCUT2D eigenvalue weighted by atomic mass is 16.2. The summed E-state index contributed by atoms with van der Waals surface area (Å²) < 4.78 is 0. The van der Waals surface area contributed by atoms with Crippen molar-refractivity contribution >= 4 is 17.8 Å². The molecule has 2 rings (SSSR count). The number of amides is 4. The molecule has 0 aromatic heterocycles. The second-order valence-corrected chi connectivity index (χ2v) is 8.17. The third-order valence-corrected chi connectivity index (χ3v) is 5.33. The fourth-order valence-electron chi connectivity index (χ4n) is 3.62. The number of urea groups is 1. The molecule has 0 aromatic carbocycles. The summed E-state index contributed by atoms with van der Waals surface area (Å²) in [5.41, 5.74) is 0. The number of hydrogen-bond acceptors (Lipinski definition) is 5. The van der Waals surface area contributed by atoms with Crippen molar-refractivity contribution in [3.8, 4) is 0 Å². The molecule has 0 aliphatic carbocycles. The molecular weight excluding hydrogens is 346 g/mol. The van der Waals surface area contributed by atoms with E-state index < -0.39 is 6.03 Å². The number of carbonyl (C=O) groups excluding carboxylic acids is 3. The molecule has 0 aromatic rings. The predicted octanol–water partition coefficient (Wildman–Crippen LogP) is 0.437. The van der Waals surface area contributed by atoms with Gasteiger partial charge >= 0.3 is 6.03 Å². The van der Waals surface area contributed by atoms with E-state index in [4.69, 9.17) is 0 Å². The first-order chi connectivity index (χ1) is 12.9. The Balaban J connectivity index is 1.74. The van der Waals surface area contributed by atoms with Crippen molar-refractivity contribution in [1.82, 2.24) is 26.2 Å². The van der Waals surface area contributed by atoms with E-state index in [1.807, 2.05) is 20.8 Å². The summed E-state index contributed by atoms with van der Waals surface area (Å²) in [4.78, 5) is 38.4. The van der Waals surface area contributed by atoms with Gasteiger partial charge in [0.05, 0.1) is 12.1 Å². The molecule has 3 atom stereocenters. The second-order valence-electron chi connectivity index (χ2n) is 8.17. The van der Waals surface area contributed by atoms with E-state index in [2.05, 4.69) is 26.2 Å². The summed E-state index contributed by atoms with van der Waals surface area (Å²) in [5.74, 6) is 0.461. The molecule has 2 aliphatic heterocycles. The first kappa shape index (κ1) is 21.6. The topological polar surface area (TPSA) is 103 Å². The minimum absolute atomic E-state index is 0.0567. The van der Waals surface area contributed by atoms with Crippen molar-refractivity contribution in [2.45, 2.75) is 58.5 Å². The molecule has 154 valence electrons. The number of piperidine rings is 1. The predicted molar refractivity (Wildman–Crippen MR) is 104 cm³/mol. The Morgan fingerprint density at radius 3 is 2.56 bits per heavy atom. The van der Waals surface area contributed by atoms with Crippen LogP contribution in [0.1, 0.15) is 46.5 Å². The van der Waals surface area contributed by atoms with E-state index in [0.717, 1.165) is 45.3 Å². The van der Waals surface area contributed by atoms with Gasteiger partial charge in [-0.05, 0) is 57.5 Å². The molecule has 0 radical (unpaired) electrons. The largest absolute Gasteiger partial charge is 0.354 e. The summed E-state index contributed by atoms with van der Waals surface area (Å²) >= 11 is 0. The highest BCUT2D eigenvalue weighted by Gasteiger charge is 2.29. The van der Waals surface area contributed by atoms with Crippen LogP contribution in [0.4, 0.5) is 4.79 Å². The standard InChI is InChI=1S/C19H35N5O3/c1-13(2)10-22-19(27)23-17(25)14(3)24-9-5-6-15(12-24)11-21-18(26)16-7-4-8-20-16/h13-16,20H,4-12H2,1-3H3,(H,21,26)(H2,22,23,25,27). The molecule has 2 aliphatic rings. The summed E-state index contributed by atoms with van der Waals surface area (Å²) in [7, 11) is 0. The highest BCUT2D eigenvalue weighted by Crippen LogP contribution is 2.18. The summed E-state index contributed by atoms with van der Waals surface area (Å²) in [6, 6.07) is -0.867. The zero-order valence-corrected chi connectivity index (χ0v) is 16.8. The molecule has 8 heteroatoms. The maximum Gasteiger partial charge on any atom is 0.321 e. The third kappa shape index (κ3) is 7.10. The normalized spacial score (nSPS) is 24.4. The monoisotopic (exact) mass is 381 g/mol. The van der Waals surface area contributed by atoms with Gasteiger partial charge in [0, 0.05) is 19.6 Å². The van der Waals surface area contributed by atoms with Gasteiger partial charge < -0.3 is 16.0 Å². The lowest BCUT2D eigenvalue weighted by molar-refractivity contribution is -0.126. The molecule has 0 saturated carbocycles. The van der Waals surface area contributed by atoms with Gasteiger partial charge in [-0.3, -0.25) is 19.8 Å². The number of hydrogen-bond donors (Lipinski definition) is 4. The Bertz CT molecular complexity index is 519. The Morgan fingerprint density at radius 1 is 1.11 bits per heavy atom. The molecule has 0 spiro atoms. The van der Waals surface area contributed by atoms with E-state index in [-0.39, 0.29) is 23.9 Å². The van der Waals surface area contributed by atoms with Crippen molar-refractivity contribution in [2.24, 2.45) is 11.8 Å². The van der Waals surface area contributed by atoms with Crippen LogP contribution in [-0.4, -0.2) is 67.6 Å². The lowest BCUT2D eigenvalue weighted by atomic mass is 9.96. The quantitative estimate of drug-likeness (QED) is 0.512. The second kappa shape index (κ2) is 10.6. The van der Waals surface area contributed by atoms with Gasteiger partial charge in [0.15, 0.2) is 0 Å². The molecule has 4 amide bonds. The lowest BCUT2D eigenvalue weighted by Gasteiger charge is -2.36. The van der Waals surface area contributed by atoms with Crippen molar-refractivity contribution in [1.29, 1.82) is 0 Å². The maximum atomic E-state index is 12.4. The van der Waals surface area contributed by atoms with E-state index in [1.54, 1.807) is 0 Å². The lowest BCUT2D eigenvalue weighted by Crippen LogP contribution is -2.53. The molecule has 2 fully saturated rings. The molecule has 8 nitrogen and oxygen atoms in total. The molecule has 27 heavy (non-hydrogen) atoms. The number of carbonyl (C=O) groups is 3. The number of nitrogens with one attached hydrogen (secondary N) is 4. The van der Waals surface area contributed by atoms with Crippen molar-refractivity contribution in [2.75, 3.05) is 32.7 Å². The SMILES string of the molecule is CC(C)CNC(=O)NC(=O)C(C)N1CCCC(CNC(=O)C2CCCN2)C1. The Morgan fingerprint density at radius 2 is 1.89 bits per heavy atom. The van der Waals surface area contributed by atoms with Crippen LogP contribution in [-0.2, 0) is 9.59 Å². The van der Waals surface area contributed by atoms with Crippen molar-refractivity contribution in [3.63, 3.8) is 0 Å². The number of imide groups is 1. The van der Waals surface area contributed by atoms with Gasteiger partial charge in [-0.25, -0.2) is 4.79 Å². The van der Waals surface area contributed by atoms with Gasteiger partial charge in [-0.1, -0.05) is 13.8 Å². The Labute approximate surface area is 162 Å². The Hall–Kier alpha value is -1.67. The van der Waals surface area contributed by atoms with E-state index in [0.29, 0.717) is 24.9 Å². The van der Waals surface area contributed by atoms with E-state index >= 15 is 0 Å². The first-order valence-electron chi connectivity index (χ1n) is 10.2. The zero-order chi connectivity index (χ0) is 19.8. The summed E-state index contributed by atoms with van der Waals surface area (Å²) in [6.45, 7) is 9.49. The fourth-order valence-corrected chi connectivity index (χ4v) is 3.62. The zero-order valence-electron chi connectivity index (χ0n) is 16.8. The van der Waals surface area contributed by atoms with E-state index in [1.165, 1.54) is 0 Å². The average Bonchev–Trinajstić information content (AvgIpc) is 3.19. The summed E-state index contributed by atoms with van der Waals surface area (Å²) in [6.07, 6.45) is 3.98. The van der Waals surface area contributed by atoms with Crippen LogP contribution >= 0.6 is 0 Å².